The summed E-state index contributed by atoms with van der Waals surface area (Å²) < 4.78 is 0. The van der Waals surface area contributed by atoms with E-state index in [2.05, 4.69) is 37.2 Å². The van der Waals surface area contributed by atoms with E-state index in [-0.39, 0.29) is 68.2 Å². The van der Waals surface area contributed by atoms with E-state index in [1.54, 1.807) is 23.5 Å². The maximum absolute atomic E-state index is 13.8. The molecule has 0 saturated heterocycles. The van der Waals surface area contributed by atoms with Crippen molar-refractivity contribution in [3.63, 3.8) is 0 Å². The molecule has 0 saturated carbocycles. The van der Waals surface area contributed by atoms with Gasteiger partial charge in [0.1, 0.15) is 24.2 Å². The molecule has 0 aromatic carbocycles. The lowest BCUT2D eigenvalue weighted by atomic mass is 10.0. The average molecular weight is 938 g/mol. The van der Waals surface area contributed by atoms with Crippen molar-refractivity contribution in [2.24, 2.45) is 11.5 Å². The maximum Gasteiger partial charge on any atom is 0.243 e. The monoisotopic (exact) mass is 937 g/mol. The first-order valence-electron chi connectivity index (χ1n) is 21.3. The molecule has 0 rings (SSSR count). The summed E-state index contributed by atoms with van der Waals surface area (Å²) in [5.74, 6) is -0.204. The number of carbonyl (C=O) groups is 8. The van der Waals surface area contributed by atoms with Gasteiger partial charge in [0.25, 0.3) is 0 Å². The second kappa shape index (κ2) is 38.8. The second-order valence-electron chi connectivity index (χ2n) is 14.5. The zero-order valence-corrected chi connectivity index (χ0v) is 40.1. The van der Waals surface area contributed by atoms with Crippen LogP contribution in [0.1, 0.15) is 103 Å². The van der Waals surface area contributed by atoms with Crippen molar-refractivity contribution in [2.75, 3.05) is 74.2 Å². The van der Waals surface area contributed by atoms with E-state index in [1.165, 1.54) is 23.5 Å². The minimum Gasteiger partial charge on any atom is -0.368 e. The van der Waals surface area contributed by atoms with Crippen molar-refractivity contribution in [1.29, 1.82) is 0 Å². The Labute approximate surface area is 380 Å². The van der Waals surface area contributed by atoms with Crippen molar-refractivity contribution >= 4 is 94.3 Å². The zero-order valence-electron chi connectivity index (χ0n) is 36.8. The SMILES string of the molecule is CSCCC(=O)NCCCCC(NC(=O)CCSC)C(=O)NCCCCC(NC(=O)C(CCCCNC(=O)CCSC)NC(=O)CCSC)C(=O)NC(CCCCN)C(N)=O. The molecule has 0 bridgehead atoms. The molecule has 0 radical (unpaired) electrons. The number of hydrogen-bond acceptors (Lipinski definition) is 13. The number of hydrogen-bond donors (Lipinski definition) is 9. The van der Waals surface area contributed by atoms with E-state index in [0.29, 0.717) is 102 Å². The Balaban J connectivity index is 5.76. The van der Waals surface area contributed by atoms with Crippen LogP contribution in [-0.4, -0.2) is 146 Å². The minimum absolute atomic E-state index is 0.0209. The molecular weight excluding hydrogens is 863 g/mol. The van der Waals surface area contributed by atoms with Gasteiger partial charge in [-0.2, -0.15) is 47.0 Å². The quantitative estimate of drug-likeness (QED) is 0.0395. The molecule has 0 aliphatic rings. The van der Waals surface area contributed by atoms with Crippen LogP contribution in [0.15, 0.2) is 0 Å². The van der Waals surface area contributed by atoms with E-state index in [0.717, 1.165) is 11.5 Å². The Morgan fingerprint density at radius 3 is 1.13 bits per heavy atom. The molecule has 0 fully saturated rings. The highest BCUT2D eigenvalue weighted by molar-refractivity contribution is 7.99. The predicted octanol–water partition coefficient (Wildman–Crippen LogP) is 1.41. The molecule has 11 N–H and O–H groups in total. The van der Waals surface area contributed by atoms with E-state index in [9.17, 15) is 38.4 Å². The van der Waals surface area contributed by atoms with Crippen molar-refractivity contribution in [1.82, 2.24) is 37.2 Å². The van der Waals surface area contributed by atoms with Crippen LogP contribution in [-0.2, 0) is 38.4 Å². The molecule has 0 aliphatic carbocycles. The topological polar surface area (TPSA) is 273 Å². The van der Waals surface area contributed by atoms with Crippen LogP contribution in [0.2, 0.25) is 0 Å². The summed E-state index contributed by atoms with van der Waals surface area (Å²) in [6.07, 6.45) is 14.4. The Bertz CT molecular complexity index is 1300. The summed E-state index contributed by atoms with van der Waals surface area (Å²) in [5, 5.41) is 19.8. The summed E-state index contributed by atoms with van der Waals surface area (Å²) in [6.45, 7) is 1.54. The number of unbranched alkanes of at least 4 members (excludes halogenated alkanes) is 4. The number of rotatable bonds is 39. The van der Waals surface area contributed by atoms with Crippen LogP contribution in [0.25, 0.3) is 0 Å². The highest BCUT2D eigenvalue weighted by Crippen LogP contribution is 2.10. The number of nitrogens with one attached hydrogen (secondary N) is 7. The van der Waals surface area contributed by atoms with Gasteiger partial charge in [0.2, 0.25) is 47.3 Å². The molecular formula is C40H75N9O8S4. The molecule has 0 heterocycles. The van der Waals surface area contributed by atoms with Crippen molar-refractivity contribution in [3.8, 4) is 0 Å². The van der Waals surface area contributed by atoms with Gasteiger partial charge < -0.3 is 48.7 Å². The first-order valence-corrected chi connectivity index (χ1v) is 26.9. The van der Waals surface area contributed by atoms with Gasteiger partial charge in [0.05, 0.1) is 0 Å². The van der Waals surface area contributed by atoms with Gasteiger partial charge in [0.15, 0.2) is 0 Å². The summed E-state index contributed by atoms with van der Waals surface area (Å²) in [5.41, 5.74) is 11.2. The lowest BCUT2D eigenvalue weighted by Crippen LogP contribution is -2.56. The Kier molecular flexibility index (Phi) is 36.9. The van der Waals surface area contributed by atoms with E-state index < -0.39 is 41.9 Å². The second-order valence-corrected chi connectivity index (χ2v) is 18.4. The highest BCUT2D eigenvalue weighted by atomic mass is 32.2. The average Bonchev–Trinajstić information content (AvgIpc) is 3.23. The lowest BCUT2D eigenvalue weighted by molar-refractivity contribution is -0.133. The van der Waals surface area contributed by atoms with E-state index in [1.807, 2.05) is 25.0 Å². The fourth-order valence-electron chi connectivity index (χ4n) is 5.83. The largest absolute Gasteiger partial charge is 0.368 e. The van der Waals surface area contributed by atoms with Crippen LogP contribution in [0, 0.1) is 0 Å². The van der Waals surface area contributed by atoms with Gasteiger partial charge in [-0.15, -0.1) is 0 Å². The van der Waals surface area contributed by atoms with Gasteiger partial charge in [-0.3, -0.25) is 38.4 Å². The molecule has 8 amide bonds. The molecule has 0 spiro atoms. The van der Waals surface area contributed by atoms with Crippen molar-refractivity contribution < 1.29 is 38.4 Å². The number of amides is 8. The van der Waals surface area contributed by atoms with Gasteiger partial charge in [-0.25, -0.2) is 0 Å². The number of nitrogens with two attached hydrogens (primary N) is 2. The fraction of sp³-hybridized carbons (Fsp3) is 0.800. The first kappa shape index (κ1) is 58.1. The Hall–Kier alpha value is -2.88. The Morgan fingerprint density at radius 1 is 0.410 bits per heavy atom. The molecule has 61 heavy (non-hydrogen) atoms. The van der Waals surface area contributed by atoms with Crippen LogP contribution in [0.3, 0.4) is 0 Å². The fourth-order valence-corrected chi connectivity index (χ4v) is 7.39. The standard InChI is InChI=1S/C40H75N9O8S4/c1-58-25-17-33(50)43-22-10-6-14-30(46-35(52)19-27-60-3)38(55)45-24-12-8-16-32(40(57)48-29(37(42)54)13-5-9-21-41)49-39(56)31(47-36(53)20-28-61-4)15-7-11-23-44-34(51)18-26-59-2/h29-32H,5-28,41H2,1-4H3,(H2,42,54)(H,43,50)(H,44,51)(H,45,55)(H,46,52)(H,47,53)(H,48,57)(H,49,56). The van der Waals surface area contributed by atoms with Crippen LogP contribution < -0.4 is 48.7 Å². The molecule has 352 valence electrons. The molecule has 0 aromatic heterocycles. The minimum atomic E-state index is -1.09. The number of thioether (sulfide) groups is 4. The van der Waals surface area contributed by atoms with Crippen molar-refractivity contribution in [2.45, 2.75) is 127 Å². The maximum atomic E-state index is 13.8. The van der Waals surface area contributed by atoms with Gasteiger partial charge in [-0.1, -0.05) is 0 Å². The molecule has 0 aromatic rings. The lowest BCUT2D eigenvalue weighted by Gasteiger charge is -2.25. The van der Waals surface area contributed by atoms with Crippen LogP contribution in [0.4, 0.5) is 0 Å². The summed E-state index contributed by atoms with van der Waals surface area (Å²) in [7, 11) is 0. The van der Waals surface area contributed by atoms with Crippen molar-refractivity contribution in [3.05, 3.63) is 0 Å². The molecule has 4 atom stereocenters. The third-order valence-electron chi connectivity index (χ3n) is 9.38. The van der Waals surface area contributed by atoms with Gasteiger partial charge >= 0.3 is 0 Å². The first-order chi connectivity index (χ1) is 29.3. The van der Waals surface area contributed by atoms with E-state index >= 15 is 0 Å². The third-order valence-corrected chi connectivity index (χ3v) is 11.8. The number of carbonyl (C=O) groups excluding carboxylic acids is 8. The highest BCUT2D eigenvalue weighted by Gasteiger charge is 2.29. The van der Waals surface area contributed by atoms with Crippen LogP contribution in [0.5, 0.6) is 0 Å². The van der Waals surface area contributed by atoms with Gasteiger partial charge in [0, 0.05) is 68.3 Å². The summed E-state index contributed by atoms with van der Waals surface area (Å²) >= 11 is 6.21. The number of primary amides is 1. The summed E-state index contributed by atoms with van der Waals surface area (Å²) in [6, 6.07) is -3.79. The summed E-state index contributed by atoms with van der Waals surface area (Å²) in [4.78, 5) is 102. The van der Waals surface area contributed by atoms with Gasteiger partial charge in [-0.05, 0) is 109 Å². The molecule has 17 nitrogen and oxygen atoms in total. The predicted molar refractivity (Wildman–Crippen MR) is 252 cm³/mol. The normalized spacial score (nSPS) is 12.9. The molecule has 0 aliphatic heterocycles. The smallest absolute Gasteiger partial charge is 0.243 e. The van der Waals surface area contributed by atoms with E-state index in [4.69, 9.17) is 11.5 Å². The zero-order chi connectivity index (χ0) is 45.7. The third kappa shape index (κ3) is 31.6. The molecule has 4 unspecified atom stereocenters. The van der Waals surface area contributed by atoms with Crippen LogP contribution >= 0.6 is 47.0 Å². The Morgan fingerprint density at radius 2 is 0.738 bits per heavy atom. The molecule has 21 heteroatoms.